The number of unbranched alkanes of at least 4 members (excludes halogenated alkanes) is 1. The van der Waals surface area contributed by atoms with Gasteiger partial charge in [-0.2, -0.15) is 0 Å². The number of allylic oxidation sites excluding steroid dienone is 3. The average Bonchev–Trinajstić information content (AvgIpc) is 3.32. The minimum absolute atomic E-state index is 0. The minimum atomic E-state index is 0. The van der Waals surface area contributed by atoms with Crippen LogP contribution in [0.2, 0.25) is 0 Å². The fourth-order valence-electron chi connectivity index (χ4n) is 8.33. The van der Waals surface area contributed by atoms with Crippen LogP contribution in [-0.4, -0.2) is 0 Å². The first-order valence-electron chi connectivity index (χ1n) is 16.5. The van der Waals surface area contributed by atoms with E-state index in [9.17, 15) is 0 Å². The highest BCUT2D eigenvalue weighted by atomic mass is 14.6. The van der Waals surface area contributed by atoms with E-state index in [2.05, 4.69) is 60.3 Å². The van der Waals surface area contributed by atoms with Gasteiger partial charge in [-0.05, 0) is 105 Å². The zero-order chi connectivity index (χ0) is 27.9. The van der Waals surface area contributed by atoms with E-state index in [1.165, 1.54) is 77.0 Å². The Bertz CT molecular complexity index is 604. The lowest BCUT2D eigenvalue weighted by Gasteiger charge is -2.59. The van der Waals surface area contributed by atoms with E-state index in [1.807, 2.05) is 41.5 Å². The van der Waals surface area contributed by atoms with Crippen LogP contribution >= 0.6 is 0 Å². The summed E-state index contributed by atoms with van der Waals surface area (Å²) < 4.78 is 0. The summed E-state index contributed by atoms with van der Waals surface area (Å²) >= 11 is 0. The molecule has 0 aromatic rings. The van der Waals surface area contributed by atoms with Crippen molar-refractivity contribution in [3.63, 3.8) is 0 Å². The summed E-state index contributed by atoms with van der Waals surface area (Å²) in [6.07, 6.45) is 21.9. The second-order valence-corrected chi connectivity index (χ2v) is 12.6. The molecule has 0 aromatic carbocycles. The van der Waals surface area contributed by atoms with Crippen molar-refractivity contribution in [2.75, 3.05) is 0 Å². The van der Waals surface area contributed by atoms with Gasteiger partial charge in [-0.1, -0.05) is 120 Å². The van der Waals surface area contributed by atoms with Crippen LogP contribution in [0.3, 0.4) is 0 Å². The third-order valence-electron chi connectivity index (χ3n) is 10.3. The highest BCUT2D eigenvalue weighted by Crippen LogP contribution is 2.66. The van der Waals surface area contributed by atoms with Gasteiger partial charge in [0.15, 0.2) is 0 Å². The fraction of sp³-hybridized carbons (Fsp3) is 0.889. The van der Waals surface area contributed by atoms with Gasteiger partial charge in [0, 0.05) is 1.43 Å². The van der Waals surface area contributed by atoms with Crippen LogP contribution < -0.4 is 0 Å². The molecule has 7 unspecified atom stereocenters. The molecule has 36 heavy (non-hydrogen) atoms. The van der Waals surface area contributed by atoms with Crippen molar-refractivity contribution in [1.29, 1.82) is 0 Å². The predicted molar refractivity (Wildman–Crippen MR) is 170 cm³/mol. The van der Waals surface area contributed by atoms with Gasteiger partial charge in [-0.25, -0.2) is 0 Å². The molecular formula is C36H72. The quantitative estimate of drug-likeness (QED) is 0.216. The molecule has 0 spiro atoms. The van der Waals surface area contributed by atoms with Crippen LogP contribution in [-0.2, 0) is 0 Å². The molecule has 2 fully saturated rings. The zero-order valence-electron chi connectivity index (χ0n) is 27.3. The van der Waals surface area contributed by atoms with Gasteiger partial charge in [0.25, 0.3) is 0 Å². The maximum Gasteiger partial charge on any atom is 0 e. The van der Waals surface area contributed by atoms with Crippen molar-refractivity contribution in [2.45, 2.75) is 160 Å². The molecule has 0 amide bonds. The number of fused-ring (bicyclic) bond motifs is 1. The Kier molecular flexibility index (Phi) is 17.6. The van der Waals surface area contributed by atoms with Gasteiger partial charge >= 0.3 is 0 Å². The lowest BCUT2D eigenvalue weighted by atomic mass is 9.45. The molecule has 3 rings (SSSR count). The third-order valence-corrected chi connectivity index (χ3v) is 10.3. The van der Waals surface area contributed by atoms with Gasteiger partial charge in [-0.3, -0.25) is 0 Å². The Hall–Kier alpha value is -0.520. The van der Waals surface area contributed by atoms with Crippen molar-refractivity contribution in [1.82, 2.24) is 0 Å². The van der Waals surface area contributed by atoms with E-state index in [0.717, 1.165) is 35.5 Å². The number of hydrogen-bond acceptors (Lipinski definition) is 0. The average molecular weight is 505 g/mol. The first-order valence-corrected chi connectivity index (χ1v) is 16.5. The summed E-state index contributed by atoms with van der Waals surface area (Å²) in [5.74, 6) is 5.47. The number of rotatable bonds is 9. The van der Waals surface area contributed by atoms with Crippen molar-refractivity contribution in [3.05, 3.63) is 24.3 Å². The van der Waals surface area contributed by atoms with Crippen LogP contribution in [0.25, 0.3) is 0 Å². The van der Waals surface area contributed by atoms with Gasteiger partial charge in [-0.15, -0.1) is 6.58 Å². The molecule has 0 radical (unpaired) electrons. The van der Waals surface area contributed by atoms with Gasteiger partial charge in [0.2, 0.25) is 0 Å². The molecule has 0 nitrogen and oxygen atoms in total. The Morgan fingerprint density at radius 2 is 1.61 bits per heavy atom. The maximum atomic E-state index is 4.15. The van der Waals surface area contributed by atoms with Crippen LogP contribution in [0.5, 0.6) is 0 Å². The normalized spacial score (nSPS) is 34.0. The standard InChI is InChI=1S/C30H52.3C2H6.H2/c1-8-11-24(5)30(7)27-16-14-25(13-10-9-12-22(2)3)26(27)15-17-28(30)29(6)20-18-23(4)19-21-29;3*1-2;/h8,18,22,24-28H,1,9-17,19-21H2,2-7H3;3*1-2H3;1H. The molecule has 2 saturated carbocycles. The van der Waals surface area contributed by atoms with E-state index in [1.54, 1.807) is 5.57 Å². The fourth-order valence-corrected chi connectivity index (χ4v) is 8.33. The highest BCUT2D eigenvalue weighted by molar-refractivity contribution is 5.13. The van der Waals surface area contributed by atoms with E-state index in [4.69, 9.17) is 0 Å². The lowest BCUT2D eigenvalue weighted by molar-refractivity contribution is -0.100. The summed E-state index contributed by atoms with van der Waals surface area (Å²) in [4.78, 5) is 0. The first-order chi connectivity index (χ1) is 17.2. The Balaban J connectivity index is 0. The molecule has 0 heteroatoms. The molecule has 3 aliphatic carbocycles. The molecule has 0 saturated heterocycles. The van der Waals surface area contributed by atoms with E-state index < -0.39 is 0 Å². The predicted octanol–water partition coefficient (Wildman–Crippen LogP) is 12.9. The molecular weight excluding hydrogens is 432 g/mol. The zero-order valence-corrected chi connectivity index (χ0v) is 27.3. The smallest absolute Gasteiger partial charge is 0 e. The van der Waals surface area contributed by atoms with E-state index >= 15 is 0 Å². The van der Waals surface area contributed by atoms with Gasteiger partial charge < -0.3 is 0 Å². The van der Waals surface area contributed by atoms with Crippen LogP contribution in [0.1, 0.15) is 162 Å². The first kappa shape index (κ1) is 35.5. The molecule has 0 aliphatic heterocycles. The molecule has 0 heterocycles. The largest absolute Gasteiger partial charge is 0.103 e. The van der Waals surface area contributed by atoms with Crippen molar-refractivity contribution < 1.29 is 1.43 Å². The van der Waals surface area contributed by atoms with Crippen LogP contribution in [0, 0.1) is 46.3 Å². The lowest BCUT2D eigenvalue weighted by Crippen LogP contribution is -2.52. The van der Waals surface area contributed by atoms with E-state index in [0.29, 0.717) is 10.8 Å². The molecule has 7 atom stereocenters. The number of hydrogen-bond donors (Lipinski definition) is 0. The third kappa shape index (κ3) is 8.76. The van der Waals surface area contributed by atoms with Gasteiger partial charge in [0.1, 0.15) is 0 Å². The van der Waals surface area contributed by atoms with Crippen LogP contribution in [0.4, 0.5) is 0 Å². The SMILES string of the molecule is C=CCC(C)C1(C)C2CCC(CCCCC(C)C)C2CCC1C1(C)CC=C(C)CC1.CC.CC.CC.[HH]. The Morgan fingerprint density at radius 3 is 2.14 bits per heavy atom. The van der Waals surface area contributed by atoms with Crippen molar-refractivity contribution in [3.8, 4) is 0 Å². The van der Waals surface area contributed by atoms with Crippen molar-refractivity contribution in [2.24, 2.45) is 46.3 Å². The van der Waals surface area contributed by atoms with Crippen LogP contribution in [0.15, 0.2) is 24.3 Å². The summed E-state index contributed by atoms with van der Waals surface area (Å²) in [5, 5.41) is 0. The summed E-state index contributed by atoms with van der Waals surface area (Å²) in [7, 11) is 0. The minimum Gasteiger partial charge on any atom is -0.103 e. The second kappa shape index (κ2) is 17.9. The summed E-state index contributed by atoms with van der Waals surface area (Å²) in [6.45, 7) is 31.2. The summed E-state index contributed by atoms with van der Waals surface area (Å²) in [5.41, 5.74) is 2.62. The van der Waals surface area contributed by atoms with E-state index in [-0.39, 0.29) is 1.43 Å². The molecule has 216 valence electrons. The summed E-state index contributed by atoms with van der Waals surface area (Å²) in [6, 6.07) is 0. The second-order valence-electron chi connectivity index (χ2n) is 12.6. The van der Waals surface area contributed by atoms with Gasteiger partial charge in [0.05, 0.1) is 0 Å². The Morgan fingerprint density at radius 1 is 0.972 bits per heavy atom. The monoisotopic (exact) mass is 505 g/mol. The Labute approximate surface area is 232 Å². The van der Waals surface area contributed by atoms with Crippen molar-refractivity contribution >= 4 is 0 Å². The maximum absolute atomic E-state index is 4.15. The molecule has 0 bridgehead atoms. The molecule has 0 N–H and O–H groups in total. The highest BCUT2D eigenvalue weighted by Gasteiger charge is 2.58. The molecule has 0 aromatic heterocycles. The topological polar surface area (TPSA) is 0 Å². The molecule has 3 aliphatic rings.